The highest BCUT2D eigenvalue weighted by Crippen LogP contribution is 2.15. The third kappa shape index (κ3) is 4.52. The minimum atomic E-state index is 0.233. The molecule has 1 unspecified atom stereocenters. The van der Waals surface area contributed by atoms with Gasteiger partial charge in [-0.25, -0.2) is 0 Å². The number of hydrogen-bond donors (Lipinski definition) is 1. The topological polar surface area (TPSA) is 32.3 Å². The second-order valence-electron chi connectivity index (χ2n) is 4.69. The summed E-state index contributed by atoms with van der Waals surface area (Å²) in [6.45, 7) is 7.51. The summed E-state index contributed by atoms with van der Waals surface area (Å²) in [4.78, 5) is 14.0. The molecule has 0 saturated carbocycles. The SMILES string of the molecule is CCCCCC(=O)NCC1CCCN1CC. The Morgan fingerprint density at radius 2 is 2.19 bits per heavy atom. The lowest BCUT2D eigenvalue weighted by molar-refractivity contribution is -0.121. The van der Waals surface area contributed by atoms with Crippen molar-refractivity contribution in [2.75, 3.05) is 19.6 Å². The number of nitrogens with one attached hydrogen (secondary N) is 1. The van der Waals surface area contributed by atoms with Crippen LogP contribution in [0.2, 0.25) is 0 Å². The fraction of sp³-hybridized carbons (Fsp3) is 0.923. The third-order valence-corrected chi connectivity index (χ3v) is 3.45. The summed E-state index contributed by atoms with van der Waals surface area (Å²) >= 11 is 0. The van der Waals surface area contributed by atoms with Crippen molar-refractivity contribution in [3.8, 4) is 0 Å². The van der Waals surface area contributed by atoms with Crippen molar-refractivity contribution < 1.29 is 4.79 Å². The molecule has 0 aromatic heterocycles. The molecule has 0 spiro atoms. The normalized spacial score (nSPS) is 21.2. The lowest BCUT2D eigenvalue weighted by Gasteiger charge is -2.22. The van der Waals surface area contributed by atoms with Crippen LogP contribution in [0, 0.1) is 0 Å². The molecule has 1 amide bonds. The van der Waals surface area contributed by atoms with Crippen molar-refractivity contribution in [1.29, 1.82) is 0 Å². The second kappa shape index (κ2) is 7.66. The fourth-order valence-corrected chi connectivity index (χ4v) is 2.40. The fourth-order valence-electron chi connectivity index (χ4n) is 2.40. The highest BCUT2D eigenvalue weighted by molar-refractivity contribution is 5.75. The molecule has 1 heterocycles. The van der Waals surface area contributed by atoms with Gasteiger partial charge < -0.3 is 5.32 Å². The van der Waals surface area contributed by atoms with Crippen molar-refractivity contribution in [3.05, 3.63) is 0 Å². The van der Waals surface area contributed by atoms with Gasteiger partial charge in [0, 0.05) is 19.0 Å². The molecule has 0 radical (unpaired) electrons. The highest BCUT2D eigenvalue weighted by Gasteiger charge is 2.22. The van der Waals surface area contributed by atoms with E-state index in [1.807, 2.05) is 0 Å². The summed E-state index contributed by atoms with van der Waals surface area (Å²) in [6.07, 6.45) is 6.60. The molecule has 1 aliphatic rings. The van der Waals surface area contributed by atoms with Crippen LogP contribution in [0.3, 0.4) is 0 Å². The Balaban J connectivity index is 2.11. The molecule has 1 rings (SSSR count). The standard InChI is InChI=1S/C13H26N2O/c1-3-5-6-9-13(16)14-11-12-8-7-10-15(12)4-2/h12H,3-11H2,1-2H3,(H,14,16). The number of amides is 1. The number of rotatable bonds is 7. The van der Waals surface area contributed by atoms with E-state index in [1.165, 1.54) is 25.8 Å². The Labute approximate surface area is 99.6 Å². The molecular weight excluding hydrogens is 200 g/mol. The van der Waals surface area contributed by atoms with Gasteiger partial charge in [0.15, 0.2) is 0 Å². The van der Waals surface area contributed by atoms with Gasteiger partial charge in [-0.05, 0) is 32.4 Å². The smallest absolute Gasteiger partial charge is 0.220 e. The zero-order valence-corrected chi connectivity index (χ0v) is 10.8. The molecule has 0 aromatic carbocycles. The van der Waals surface area contributed by atoms with Gasteiger partial charge in [-0.15, -0.1) is 0 Å². The van der Waals surface area contributed by atoms with Crippen LogP contribution in [-0.2, 0) is 4.79 Å². The zero-order chi connectivity index (χ0) is 11.8. The average molecular weight is 226 g/mol. The predicted octanol–water partition coefficient (Wildman–Crippen LogP) is 2.17. The number of carbonyl (C=O) groups is 1. The summed E-state index contributed by atoms with van der Waals surface area (Å²) in [5.74, 6) is 0.233. The van der Waals surface area contributed by atoms with Gasteiger partial charge in [-0.1, -0.05) is 26.7 Å². The van der Waals surface area contributed by atoms with E-state index in [0.29, 0.717) is 12.5 Å². The molecule has 16 heavy (non-hydrogen) atoms. The number of hydrogen-bond acceptors (Lipinski definition) is 2. The Morgan fingerprint density at radius 1 is 1.38 bits per heavy atom. The number of likely N-dealkylation sites (tertiary alicyclic amines) is 1. The molecular formula is C13H26N2O. The first-order valence-corrected chi connectivity index (χ1v) is 6.78. The number of carbonyl (C=O) groups excluding carboxylic acids is 1. The Morgan fingerprint density at radius 3 is 2.88 bits per heavy atom. The minimum Gasteiger partial charge on any atom is -0.355 e. The lowest BCUT2D eigenvalue weighted by Crippen LogP contribution is -2.39. The lowest BCUT2D eigenvalue weighted by atomic mass is 10.2. The van der Waals surface area contributed by atoms with E-state index in [2.05, 4.69) is 24.1 Å². The number of nitrogens with zero attached hydrogens (tertiary/aromatic N) is 1. The highest BCUT2D eigenvalue weighted by atomic mass is 16.1. The quantitative estimate of drug-likeness (QED) is 0.675. The molecule has 3 nitrogen and oxygen atoms in total. The zero-order valence-electron chi connectivity index (χ0n) is 10.8. The van der Waals surface area contributed by atoms with E-state index < -0.39 is 0 Å². The van der Waals surface area contributed by atoms with Crippen molar-refractivity contribution in [3.63, 3.8) is 0 Å². The monoisotopic (exact) mass is 226 g/mol. The molecule has 1 N–H and O–H groups in total. The maximum Gasteiger partial charge on any atom is 0.220 e. The van der Waals surface area contributed by atoms with Gasteiger partial charge in [0.05, 0.1) is 0 Å². The average Bonchev–Trinajstić information content (AvgIpc) is 2.74. The van der Waals surface area contributed by atoms with Crippen LogP contribution in [0.5, 0.6) is 0 Å². The first-order valence-electron chi connectivity index (χ1n) is 6.78. The maximum absolute atomic E-state index is 11.5. The van der Waals surface area contributed by atoms with Gasteiger partial charge in [-0.3, -0.25) is 9.69 Å². The predicted molar refractivity (Wildman–Crippen MR) is 67.4 cm³/mol. The van der Waals surface area contributed by atoms with E-state index in [0.717, 1.165) is 25.9 Å². The van der Waals surface area contributed by atoms with Gasteiger partial charge in [0.25, 0.3) is 0 Å². The largest absolute Gasteiger partial charge is 0.355 e. The van der Waals surface area contributed by atoms with Crippen molar-refractivity contribution in [2.45, 2.75) is 58.4 Å². The van der Waals surface area contributed by atoms with E-state index >= 15 is 0 Å². The van der Waals surface area contributed by atoms with Crippen LogP contribution in [-0.4, -0.2) is 36.5 Å². The van der Waals surface area contributed by atoms with Crippen LogP contribution >= 0.6 is 0 Å². The molecule has 1 atom stereocenters. The number of likely N-dealkylation sites (N-methyl/N-ethyl adjacent to an activating group) is 1. The Bertz CT molecular complexity index is 206. The van der Waals surface area contributed by atoms with Crippen molar-refractivity contribution >= 4 is 5.91 Å². The van der Waals surface area contributed by atoms with Crippen LogP contribution < -0.4 is 5.32 Å². The van der Waals surface area contributed by atoms with E-state index in [9.17, 15) is 4.79 Å². The van der Waals surface area contributed by atoms with E-state index in [-0.39, 0.29) is 5.91 Å². The summed E-state index contributed by atoms with van der Waals surface area (Å²) in [7, 11) is 0. The molecule has 3 heteroatoms. The van der Waals surface area contributed by atoms with Crippen molar-refractivity contribution in [2.24, 2.45) is 0 Å². The van der Waals surface area contributed by atoms with E-state index in [1.54, 1.807) is 0 Å². The van der Waals surface area contributed by atoms with Crippen LogP contribution in [0.25, 0.3) is 0 Å². The first kappa shape index (κ1) is 13.5. The van der Waals surface area contributed by atoms with Gasteiger partial charge in [-0.2, -0.15) is 0 Å². The summed E-state index contributed by atoms with van der Waals surface area (Å²) in [6, 6.07) is 0.583. The minimum absolute atomic E-state index is 0.233. The van der Waals surface area contributed by atoms with Crippen molar-refractivity contribution in [1.82, 2.24) is 10.2 Å². The molecule has 0 aromatic rings. The molecule has 0 aliphatic carbocycles. The summed E-state index contributed by atoms with van der Waals surface area (Å²) in [5, 5.41) is 3.07. The molecule has 1 aliphatic heterocycles. The third-order valence-electron chi connectivity index (χ3n) is 3.45. The molecule has 0 bridgehead atoms. The molecule has 1 saturated heterocycles. The van der Waals surface area contributed by atoms with Crippen LogP contribution in [0.1, 0.15) is 52.4 Å². The second-order valence-corrected chi connectivity index (χ2v) is 4.69. The van der Waals surface area contributed by atoms with Crippen LogP contribution in [0.15, 0.2) is 0 Å². The molecule has 94 valence electrons. The first-order chi connectivity index (χ1) is 7.77. The maximum atomic E-state index is 11.5. The summed E-state index contributed by atoms with van der Waals surface area (Å²) < 4.78 is 0. The summed E-state index contributed by atoms with van der Waals surface area (Å²) in [5.41, 5.74) is 0. The Kier molecular flexibility index (Phi) is 6.46. The van der Waals surface area contributed by atoms with E-state index in [4.69, 9.17) is 0 Å². The Hall–Kier alpha value is -0.570. The molecule has 1 fully saturated rings. The number of unbranched alkanes of at least 4 members (excludes halogenated alkanes) is 2. The van der Waals surface area contributed by atoms with Crippen LogP contribution in [0.4, 0.5) is 0 Å². The van der Waals surface area contributed by atoms with Gasteiger partial charge in [0.1, 0.15) is 0 Å². The van der Waals surface area contributed by atoms with Gasteiger partial charge >= 0.3 is 0 Å². The van der Waals surface area contributed by atoms with Gasteiger partial charge in [0.2, 0.25) is 5.91 Å².